The van der Waals surface area contributed by atoms with Gasteiger partial charge in [-0.15, -0.1) is 0 Å². The van der Waals surface area contributed by atoms with Gasteiger partial charge in [-0.25, -0.2) is 0 Å². The summed E-state index contributed by atoms with van der Waals surface area (Å²) in [5.74, 6) is 3.19. The van der Waals surface area contributed by atoms with Crippen LogP contribution in [0.25, 0.3) is 0 Å². The van der Waals surface area contributed by atoms with Gasteiger partial charge in [-0.1, -0.05) is 33.6 Å². The standard InChI is InChI=1S/C21H37NO2/c1-4-5-17-15(2)8-11-21(3)18(17)6-7-19(21)20(24)14-22-12-9-16(23)10-13-22/h15-19,23H,4-14H2,1-3H3. The largest absolute Gasteiger partial charge is 0.393 e. The second kappa shape index (κ2) is 7.45. The van der Waals surface area contributed by atoms with Crippen LogP contribution in [0.5, 0.6) is 0 Å². The molecule has 0 spiro atoms. The molecule has 2 aliphatic carbocycles. The maximum Gasteiger partial charge on any atom is 0.150 e. The van der Waals surface area contributed by atoms with Gasteiger partial charge in [0.2, 0.25) is 0 Å². The lowest BCUT2D eigenvalue weighted by Gasteiger charge is -2.48. The lowest BCUT2D eigenvalue weighted by Crippen LogP contribution is -2.46. The van der Waals surface area contributed by atoms with Gasteiger partial charge in [-0.05, 0) is 61.7 Å². The van der Waals surface area contributed by atoms with Gasteiger partial charge in [0.25, 0.3) is 0 Å². The molecule has 2 saturated carbocycles. The summed E-state index contributed by atoms with van der Waals surface area (Å²) in [6.07, 6.45) is 9.04. The van der Waals surface area contributed by atoms with Crippen molar-refractivity contribution in [1.29, 1.82) is 0 Å². The number of rotatable bonds is 5. The predicted octanol–water partition coefficient (Wildman–Crippen LogP) is 3.89. The summed E-state index contributed by atoms with van der Waals surface area (Å²) in [5.41, 5.74) is 0.249. The Balaban J connectivity index is 1.65. The number of piperidine rings is 1. The summed E-state index contributed by atoms with van der Waals surface area (Å²) in [5, 5.41) is 9.66. The number of hydrogen-bond acceptors (Lipinski definition) is 3. The van der Waals surface area contributed by atoms with Crippen LogP contribution in [0, 0.1) is 29.1 Å². The normalized spacial score (nSPS) is 41.3. The number of nitrogens with zero attached hydrogens (tertiary/aromatic N) is 1. The summed E-state index contributed by atoms with van der Waals surface area (Å²) in [6, 6.07) is 0. The molecule has 0 aromatic carbocycles. The van der Waals surface area contributed by atoms with Crippen LogP contribution in [-0.4, -0.2) is 41.5 Å². The van der Waals surface area contributed by atoms with E-state index in [0.29, 0.717) is 12.3 Å². The zero-order chi connectivity index (χ0) is 17.3. The van der Waals surface area contributed by atoms with Crippen molar-refractivity contribution in [3.63, 3.8) is 0 Å². The molecule has 0 aromatic heterocycles. The van der Waals surface area contributed by atoms with Crippen molar-refractivity contribution in [3.05, 3.63) is 0 Å². The lowest BCUT2D eigenvalue weighted by molar-refractivity contribution is -0.130. The molecule has 3 nitrogen and oxygen atoms in total. The molecular formula is C21H37NO2. The maximum absolute atomic E-state index is 13.1. The fourth-order valence-electron chi connectivity index (χ4n) is 6.23. The Bertz CT molecular complexity index is 443. The Morgan fingerprint density at radius 3 is 2.54 bits per heavy atom. The fraction of sp³-hybridized carbons (Fsp3) is 0.952. The second-order valence-corrected chi connectivity index (χ2v) is 9.18. The van der Waals surface area contributed by atoms with Crippen LogP contribution in [-0.2, 0) is 4.79 Å². The van der Waals surface area contributed by atoms with E-state index in [1.165, 1.54) is 32.1 Å². The molecule has 1 aliphatic heterocycles. The van der Waals surface area contributed by atoms with Gasteiger partial charge in [-0.2, -0.15) is 0 Å². The van der Waals surface area contributed by atoms with Crippen molar-refractivity contribution < 1.29 is 9.90 Å². The number of aliphatic hydroxyl groups is 1. The third-order valence-electron chi connectivity index (χ3n) is 7.74. The average molecular weight is 336 g/mol. The smallest absolute Gasteiger partial charge is 0.150 e. The van der Waals surface area contributed by atoms with E-state index in [1.54, 1.807) is 0 Å². The Kier molecular flexibility index (Phi) is 5.71. The third kappa shape index (κ3) is 3.44. The summed E-state index contributed by atoms with van der Waals surface area (Å²) in [4.78, 5) is 15.4. The van der Waals surface area contributed by atoms with Gasteiger partial charge in [0.15, 0.2) is 0 Å². The minimum absolute atomic E-state index is 0.153. The Morgan fingerprint density at radius 1 is 1.17 bits per heavy atom. The second-order valence-electron chi connectivity index (χ2n) is 9.18. The number of fused-ring (bicyclic) bond motifs is 1. The van der Waals surface area contributed by atoms with Crippen LogP contribution in [0.3, 0.4) is 0 Å². The molecule has 3 fully saturated rings. The van der Waals surface area contributed by atoms with Gasteiger partial charge >= 0.3 is 0 Å². The number of Topliss-reactive ketones (excluding diaryl/α,β-unsaturated/α-hetero) is 1. The fourth-order valence-corrected chi connectivity index (χ4v) is 6.23. The molecule has 3 aliphatic rings. The van der Waals surface area contributed by atoms with E-state index >= 15 is 0 Å². The zero-order valence-corrected chi connectivity index (χ0v) is 16.0. The van der Waals surface area contributed by atoms with Crippen molar-refractivity contribution >= 4 is 5.78 Å². The van der Waals surface area contributed by atoms with E-state index < -0.39 is 0 Å². The monoisotopic (exact) mass is 335 g/mol. The summed E-state index contributed by atoms with van der Waals surface area (Å²) in [7, 11) is 0. The van der Waals surface area contributed by atoms with E-state index in [2.05, 4.69) is 25.7 Å². The van der Waals surface area contributed by atoms with E-state index in [0.717, 1.165) is 50.1 Å². The van der Waals surface area contributed by atoms with Crippen LogP contribution < -0.4 is 0 Å². The Morgan fingerprint density at radius 2 is 1.88 bits per heavy atom. The number of carbonyl (C=O) groups is 1. The molecule has 0 amide bonds. The molecule has 1 heterocycles. The average Bonchev–Trinajstić information content (AvgIpc) is 2.90. The molecular weight excluding hydrogens is 298 g/mol. The lowest BCUT2D eigenvalue weighted by atomic mass is 9.57. The molecule has 5 atom stereocenters. The van der Waals surface area contributed by atoms with Crippen molar-refractivity contribution in [2.45, 2.75) is 78.2 Å². The Labute approximate surface area is 148 Å². The summed E-state index contributed by atoms with van der Waals surface area (Å²) in [6.45, 7) is 9.56. The number of likely N-dealkylation sites (tertiary alicyclic amines) is 1. The first-order valence-corrected chi connectivity index (χ1v) is 10.4. The molecule has 5 unspecified atom stereocenters. The van der Waals surface area contributed by atoms with Crippen LogP contribution in [0.4, 0.5) is 0 Å². The zero-order valence-electron chi connectivity index (χ0n) is 16.0. The number of aliphatic hydroxyl groups excluding tert-OH is 1. The molecule has 3 rings (SSSR count). The highest BCUT2D eigenvalue weighted by atomic mass is 16.3. The van der Waals surface area contributed by atoms with Gasteiger partial charge in [0.1, 0.15) is 5.78 Å². The summed E-state index contributed by atoms with van der Waals surface area (Å²) >= 11 is 0. The van der Waals surface area contributed by atoms with E-state index in [1.807, 2.05) is 0 Å². The molecule has 138 valence electrons. The van der Waals surface area contributed by atoms with Crippen LogP contribution in [0.1, 0.15) is 72.1 Å². The van der Waals surface area contributed by atoms with Gasteiger partial charge in [0, 0.05) is 19.0 Å². The molecule has 0 radical (unpaired) electrons. The quantitative estimate of drug-likeness (QED) is 0.828. The molecule has 1 N–H and O–H groups in total. The SMILES string of the molecule is CCCC1C(C)CCC2(C)C(C(=O)CN3CCC(O)CC3)CCC12. The first-order valence-electron chi connectivity index (χ1n) is 10.4. The van der Waals surface area contributed by atoms with Gasteiger partial charge < -0.3 is 5.11 Å². The van der Waals surface area contributed by atoms with Gasteiger partial charge in [0.05, 0.1) is 12.6 Å². The predicted molar refractivity (Wildman–Crippen MR) is 97.8 cm³/mol. The van der Waals surface area contributed by atoms with E-state index in [4.69, 9.17) is 0 Å². The molecule has 3 heteroatoms. The van der Waals surface area contributed by atoms with Gasteiger partial charge in [-0.3, -0.25) is 9.69 Å². The number of ketones is 1. The summed E-state index contributed by atoms with van der Waals surface area (Å²) < 4.78 is 0. The van der Waals surface area contributed by atoms with E-state index in [9.17, 15) is 9.90 Å². The molecule has 0 bridgehead atoms. The van der Waals surface area contributed by atoms with Crippen molar-refractivity contribution in [2.24, 2.45) is 29.1 Å². The number of hydrogen-bond donors (Lipinski definition) is 1. The van der Waals surface area contributed by atoms with Crippen molar-refractivity contribution in [1.82, 2.24) is 4.90 Å². The highest BCUT2D eigenvalue weighted by molar-refractivity contribution is 5.84. The van der Waals surface area contributed by atoms with Crippen LogP contribution in [0.2, 0.25) is 0 Å². The Hall–Kier alpha value is -0.410. The van der Waals surface area contributed by atoms with Crippen molar-refractivity contribution in [3.8, 4) is 0 Å². The topological polar surface area (TPSA) is 40.5 Å². The molecule has 0 aromatic rings. The van der Waals surface area contributed by atoms with Crippen LogP contribution in [0.15, 0.2) is 0 Å². The third-order valence-corrected chi connectivity index (χ3v) is 7.74. The van der Waals surface area contributed by atoms with Crippen molar-refractivity contribution in [2.75, 3.05) is 19.6 Å². The highest BCUT2D eigenvalue weighted by Gasteiger charge is 2.54. The first kappa shape index (κ1) is 18.4. The minimum Gasteiger partial charge on any atom is -0.393 e. The number of carbonyl (C=O) groups excluding carboxylic acids is 1. The first-order chi connectivity index (χ1) is 11.5. The highest BCUT2D eigenvalue weighted by Crippen LogP contribution is 2.59. The maximum atomic E-state index is 13.1. The molecule has 24 heavy (non-hydrogen) atoms. The van der Waals surface area contributed by atoms with Crippen LogP contribution >= 0.6 is 0 Å². The van der Waals surface area contributed by atoms with E-state index in [-0.39, 0.29) is 17.4 Å². The minimum atomic E-state index is -0.153. The molecule has 1 saturated heterocycles.